The fourth-order valence-electron chi connectivity index (χ4n) is 3.05. The molecule has 0 aliphatic rings. The Morgan fingerprint density at radius 2 is 1.93 bits per heavy atom. The summed E-state index contributed by atoms with van der Waals surface area (Å²) in [6.45, 7) is 6.20. The summed E-state index contributed by atoms with van der Waals surface area (Å²) >= 11 is 5.99. The highest BCUT2D eigenvalue weighted by molar-refractivity contribution is 6.30. The summed E-state index contributed by atoms with van der Waals surface area (Å²) in [5.74, 6) is -0.152. The summed E-state index contributed by atoms with van der Waals surface area (Å²) in [5, 5.41) is 0.714. The highest BCUT2D eigenvalue weighted by Crippen LogP contribution is 2.30. The van der Waals surface area contributed by atoms with Crippen LogP contribution < -0.4 is 10.6 Å². The molecule has 0 saturated heterocycles. The molecule has 0 bridgehead atoms. The van der Waals surface area contributed by atoms with Crippen molar-refractivity contribution in [2.24, 2.45) is 0 Å². The van der Waals surface area contributed by atoms with E-state index in [-0.39, 0.29) is 11.9 Å². The lowest BCUT2D eigenvalue weighted by Gasteiger charge is -2.27. The van der Waals surface area contributed by atoms with E-state index in [2.05, 4.69) is 4.90 Å². The van der Waals surface area contributed by atoms with Gasteiger partial charge in [0.2, 0.25) is 0 Å². The average Bonchev–Trinajstić information content (AvgIpc) is 2.67. The van der Waals surface area contributed by atoms with Gasteiger partial charge in [-0.1, -0.05) is 36.7 Å². The molecule has 0 amide bonds. The highest BCUT2D eigenvalue weighted by Gasteiger charge is 2.16. The first kappa shape index (κ1) is 22.1. The molecule has 0 aliphatic carbocycles. The summed E-state index contributed by atoms with van der Waals surface area (Å²) in [5.41, 5.74) is 10.2. The number of ether oxygens (including phenoxy) is 2. The van der Waals surface area contributed by atoms with E-state index in [1.807, 2.05) is 56.3 Å². The lowest BCUT2D eigenvalue weighted by atomic mass is 9.96. The minimum absolute atomic E-state index is 0.0408. The van der Waals surface area contributed by atoms with Crippen LogP contribution in [-0.4, -0.2) is 32.8 Å². The number of carbonyl (C=O) groups excluding carboxylic acids is 1. The number of rotatable bonds is 10. The van der Waals surface area contributed by atoms with Gasteiger partial charge in [-0.15, -0.1) is 0 Å². The van der Waals surface area contributed by atoms with Crippen molar-refractivity contribution in [3.8, 4) is 0 Å². The van der Waals surface area contributed by atoms with Gasteiger partial charge in [-0.25, -0.2) is 0 Å². The van der Waals surface area contributed by atoms with E-state index in [0.29, 0.717) is 43.4 Å². The average molecular weight is 405 g/mol. The molecule has 2 rings (SSSR count). The topological polar surface area (TPSA) is 64.8 Å². The SMILES string of the molecule is CCOC(=O)CC(C)c1ccc(N(CCOC)Cc2ccc(Cl)cc2)c(N)c1. The van der Waals surface area contributed by atoms with Gasteiger partial charge in [-0.3, -0.25) is 4.79 Å². The normalized spacial score (nSPS) is 11.9. The van der Waals surface area contributed by atoms with Crippen molar-refractivity contribution in [1.82, 2.24) is 0 Å². The number of esters is 1. The van der Waals surface area contributed by atoms with E-state index in [4.69, 9.17) is 26.8 Å². The van der Waals surface area contributed by atoms with Crippen LogP contribution >= 0.6 is 11.6 Å². The molecule has 0 heterocycles. The second-order valence-electron chi connectivity index (χ2n) is 6.77. The first-order valence-electron chi connectivity index (χ1n) is 9.48. The number of carbonyl (C=O) groups is 1. The van der Waals surface area contributed by atoms with Crippen LogP contribution in [0.25, 0.3) is 0 Å². The molecule has 0 saturated carbocycles. The third-order valence-electron chi connectivity index (χ3n) is 4.59. The van der Waals surface area contributed by atoms with Crippen LogP contribution in [0.2, 0.25) is 5.02 Å². The van der Waals surface area contributed by atoms with Crippen molar-refractivity contribution in [1.29, 1.82) is 0 Å². The molecule has 0 aliphatic heterocycles. The molecule has 1 unspecified atom stereocenters. The molecule has 0 spiro atoms. The van der Waals surface area contributed by atoms with E-state index in [1.54, 1.807) is 7.11 Å². The van der Waals surface area contributed by atoms with E-state index < -0.39 is 0 Å². The zero-order valence-corrected chi connectivity index (χ0v) is 17.5. The molecule has 152 valence electrons. The van der Waals surface area contributed by atoms with Gasteiger partial charge in [-0.2, -0.15) is 0 Å². The third kappa shape index (κ3) is 6.43. The summed E-state index contributed by atoms with van der Waals surface area (Å²) in [4.78, 5) is 13.9. The van der Waals surface area contributed by atoms with Crippen molar-refractivity contribution in [2.75, 3.05) is 37.5 Å². The van der Waals surface area contributed by atoms with Crippen LogP contribution in [0.5, 0.6) is 0 Å². The Bertz CT molecular complexity index is 765. The predicted octanol–water partition coefficient (Wildman–Crippen LogP) is 4.63. The first-order chi connectivity index (χ1) is 13.4. The molecule has 5 nitrogen and oxygen atoms in total. The quantitative estimate of drug-likeness (QED) is 0.462. The third-order valence-corrected chi connectivity index (χ3v) is 4.84. The Hall–Kier alpha value is -2.24. The lowest BCUT2D eigenvalue weighted by molar-refractivity contribution is -0.143. The van der Waals surface area contributed by atoms with Crippen molar-refractivity contribution >= 4 is 28.9 Å². The first-order valence-corrected chi connectivity index (χ1v) is 9.85. The Morgan fingerprint density at radius 1 is 1.21 bits per heavy atom. The summed E-state index contributed by atoms with van der Waals surface area (Å²) < 4.78 is 10.3. The maximum absolute atomic E-state index is 11.7. The molecule has 6 heteroatoms. The van der Waals surface area contributed by atoms with Crippen LogP contribution in [-0.2, 0) is 20.8 Å². The monoisotopic (exact) mass is 404 g/mol. The number of anilines is 2. The fourth-order valence-corrected chi connectivity index (χ4v) is 3.18. The second kappa shape index (κ2) is 10.9. The van der Waals surface area contributed by atoms with Gasteiger partial charge in [0, 0.05) is 25.2 Å². The van der Waals surface area contributed by atoms with Gasteiger partial charge in [0.05, 0.1) is 31.0 Å². The Kier molecular flexibility index (Phi) is 8.61. The number of methoxy groups -OCH3 is 1. The number of hydrogen-bond acceptors (Lipinski definition) is 5. The molecule has 1 atom stereocenters. The summed E-state index contributed by atoms with van der Waals surface area (Å²) in [6.07, 6.45) is 0.338. The molecule has 28 heavy (non-hydrogen) atoms. The largest absolute Gasteiger partial charge is 0.466 e. The number of nitrogen functional groups attached to an aromatic ring is 1. The molecule has 0 radical (unpaired) electrons. The molecular weight excluding hydrogens is 376 g/mol. The van der Waals surface area contributed by atoms with Crippen LogP contribution in [0.4, 0.5) is 11.4 Å². The fraction of sp³-hybridized carbons (Fsp3) is 0.409. The molecule has 0 aromatic heterocycles. The van der Waals surface area contributed by atoms with Gasteiger partial charge >= 0.3 is 5.97 Å². The highest BCUT2D eigenvalue weighted by atomic mass is 35.5. The van der Waals surface area contributed by atoms with Crippen LogP contribution in [0, 0.1) is 0 Å². The number of halogens is 1. The minimum Gasteiger partial charge on any atom is -0.466 e. The van der Waals surface area contributed by atoms with Crippen LogP contribution in [0.15, 0.2) is 42.5 Å². The minimum atomic E-state index is -0.192. The van der Waals surface area contributed by atoms with Gasteiger partial charge < -0.3 is 20.1 Å². The second-order valence-corrected chi connectivity index (χ2v) is 7.21. The zero-order chi connectivity index (χ0) is 20.5. The zero-order valence-electron chi connectivity index (χ0n) is 16.8. The number of nitrogens with two attached hydrogens (primary N) is 1. The van der Waals surface area contributed by atoms with Crippen molar-refractivity contribution in [3.63, 3.8) is 0 Å². The summed E-state index contributed by atoms with van der Waals surface area (Å²) in [7, 11) is 1.68. The van der Waals surface area contributed by atoms with Gasteiger partial charge in [-0.05, 0) is 48.2 Å². The number of hydrogen-bond donors (Lipinski definition) is 1. The standard InChI is InChI=1S/C22H29ClN2O3/c1-4-28-22(26)13-16(2)18-7-10-21(20(24)14-18)25(11-12-27-3)15-17-5-8-19(23)9-6-17/h5-10,14,16H,4,11-13,15,24H2,1-3H3. The molecular formula is C22H29ClN2O3. The van der Waals surface area contributed by atoms with Crippen LogP contribution in [0.3, 0.4) is 0 Å². The van der Waals surface area contributed by atoms with Crippen molar-refractivity contribution in [2.45, 2.75) is 32.7 Å². The van der Waals surface area contributed by atoms with E-state index in [9.17, 15) is 4.79 Å². The molecule has 2 aromatic carbocycles. The van der Waals surface area contributed by atoms with E-state index in [1.165, 1.54) is 0 Å². The van der Waals surface area contributed by atoms with E-state index >= 15 is 0 Å². The Morgan fingerprint density at radius 3 is 2.54 bits per heavy atom. The maximum Gasteiger partial charge on any atom is 0.306 e. The smallest absolute Gasteiger partial charge is 0.306 e. The van der Waals surface area contributed by atoms with Gasteiger partial charge in [0.25, 0.3) is 0 Å². The summed E-state index contributed by atoms with van der Waals surface area (Å²) in [6, 6.07) is 13.8. The van der Waals surface area contributed by atoms with Gasteiger partial charge in [0.1, 0.15) is 0 Å². The maximum atomic E-state index is 11.7. The van der Waals surface area contributed by atoms with Crippen molar-refractivity contribution < 1.29 is 14.3 Å². The van der Waals surface area contributed by atoms with Crippen LogP contribution in [0.1, 0.15) is 37.3 Å². The molecule has 2 aromatic rings. The Balaban J connectivity index is 2.18. The van der Waals surface area contributed by atoms with Gasteiger partial charge in [0.15, 0.2) is 0 Å². The van der Waals surface area contributed by atoms with E-state index in [0.717, 1.165) is 16.8 Å². The number of nitrogens with zero attached hydrogens (tertiary/aromatic N) is 1. The lowest BCUT2D eigenvalue weighted by Crippen LogP contribution is -2.27. The molecule has 2 N–H and O–H groups in total. The predicted molar refractivity (Wildman–Crippen MR) is 115 cm³/mol. The number of benzene rings is 2. The van der Waals surface area contributed by atoms with Crippen molar-refractivity contribution in [3.05, 3.63) is 58.6 Å². The molecule has 0 fully saturated rings. The Labute approximate surface area is 172 Å².